The molecule has 5 rings (SSSR count). The van der Waals surface area contributed by atoms with E-state index in [1.54, 1.807) is 0 Å². The van der Waals surface area contributed by atoms with E-state index in [0.29, 0.717) is 11.1 Å². The molecule has 0 amide bonds. The number of rotatable bonds is 1. The molecule has 2 heterocycles. The van der Waals surface area contributed by atoms with Gasteiger partial charge in [-0.25, -0.2) is 4.79 Å². The minimum Gasteiger partial charge on any atom is -0.419 e. The Labute approximate surface area is 154 Å². The van der Waals surface area contributed by atoms with Crippen molar-refractivity contribution < 1.29 is 4.42 Å². The monoisotopic (exact) mass is 350 g/mol. The molecule has 0 fully saturated rings. The number of hydrogen-bond donors (Lipinski definition) is 1. The summed E-state index contributed by atoms with van der Waals surface area (Å²) in [6.07, 6.45) is 0. The van der Waals surface area contributed by atoms with E-state index in [1.807, 2.05) is 55.5 Å². The number of benzene rings is 3. The predicted octanol–water partition coefficient (Wildman–Crippen LogP) is 5.27. The van der Waals surface area contributed by atoms with Crippen LogP contribution in [-0.2, 0) is 0 Å². The van der Waals surface area contributed by atoms with Gasteiger partial charge in [-0.15, -0.1) is 0 Å². The van der Waals surface area contributed by atoms with Crippen molar-refractivity contribution in [1.82, 2.24) is 4.98 Å². The number of fused-ring (bicyclic) bond motifs is 5. The van der Waals surface area contributed by atoms with E-state index < -0.39 is 5.63 Å². The predicted molar refractivity (Wildman–Crippen MR) is 107 cm³/mol. The standard InChI is InChI=1S/C23H14N2O2/c1-13-7-8-15-16-9-10-17-20(14-5-3-2-4-6-14)18(12-24)23(26)27-22(17)21(16)25-19(15)11-13/h2-11,25H,1H3. The Kier molecular flexibility index (Phi) is 3.19. The highest BCUT2D eigenvalue weighted by molar-refractivity contribution is 6.17. The van der Waals surface area contributed by atoms with E-state index in [1.165, 1.54) is 0 Å². The molecule has 2 aromatic heterocycles. The fourth-order valence-corrected chi connectivity index (χ4v) is 3.75. The van der Waals surface area contributed by atoms with Gasteiger partial charge in [0.15, 0.2) is 5.58 Å². The summed E-state index contributed by atoms with van der Waals surface area (Å²) in [7, 11) is 0. The molecular formula is C23H14N2O2. The van der Waals surface area contributed by atoms with Crippen LogP contribution in [0.15, 0.2) is 69.9 Å². The molecule has 0 spiro atoms. The largest absolute Gasteiger partial charge is 0.419 e. The fraction of sp³-hybridized carbons (Fsp3) is 0.0435. The summed E-state index contributed by atoms with van der Waals surface area (Å²) in [5.74, 6) is 0. The third-order valence-corrected chi connectivity index (χ3v) is 4.98. The van der Waals surface area contributed by atoms with Crippen molar-refractivity contribution in [2.45, 2.75) is 6.92 Å². The summed E-state index contributed by atoms with van der Waals surface area (Å²) in [4.78, 5) is 16.0. The average molecular weight is 350 g/mol. The lowest BCUT2D eigenvalue weighted by molar-refractivity contribution is 0.561. The molecule has 4 heteroatoms. The first kappa shape index (κ1) is 15.4. The van der Waals surface area contributed by atoms with E-state index in [4.69, 9.17) is 4.42 Å². The Morgan fingerprint density at radius 2 is 1.70 bits per heavy atom. The van der Waals surface area contributed by atoms with Gasteiger partial charge in [0.25, 0.3) is 0 Å². The van der Waals surface area contributed by atoms with Gasteiger partial charge in [-0.3, -0.25) is 0 Å². The molecule has 5 aromatic rings. The molecule has 0 atom stereocenters. The second-order valence-corrected chi connectivity index (χ2v) is 6.66. The topological polar surface area (TPSA) is 69.8 Å². The van der Waals surface area contributed by atoms with Crippen molar-refractivity contribution in [3.8, 4) is 17.2 Å². The molecule has 0 aliphatic carbocycles. The molecule has 4 nitrogen and oxygen atoms in total. The molecule has 1 N–H and O–H groups in total. The number of aromatic nitrogens is 1. The Morgan fingerprint density at radius 3 is 2.48 bits per heavy atom. The Hall–Kier alpha value is -3.84. The van der Waals surface area contributed by atoms with Gasteiger partial charge in [-0.05, 0) is 30.2 Å². The third-order valence-electron chi connectivity index (χ3n) is 4.98. The highest BCUT2D eigenvalue weighted by Gasteiger charge is 2.19. The van der Waals surface area contributed by atoms with Gasteiger partial charge in [-0.1, -0.05) is 48.5 Å². The van der Waals surface area contributed by atoms with Gasteiger partial charge >= 0.3 is 5.63 Å². The maximum absolute atomic E-state index is 12.6. The molecule has 0 aliphatic rings. The summed E-state index contributed by atoms with van der Waals surface area (Å²) in [6.45, 7) is 2.04. The molecule has 0 saturated heterocycles. The SMILES string of the molecule is Cc1ccc2c(c1)[nH]c1c2ccc2c(-c3ccccc3)c(C#N)c(=O)oc21. The maximum Gasteiger partial charge on any atom is 0.355 e. The zero-order valence-electron chi connectivity index (χ0n) is 14.5. The second-order valence-electron chi connectivity index (χ2n) is 6.66. The number of aryl methyl sites for hydroxylation is 1. The Bertz CT molecular complexity index is 1450. The van der Waals surface area contributed by atoms with Crippen molar-refractivity contribution in [1.29, 1.82) is 5.26 Å². The lowest BCUT2D eigenvalue weighted by Gasteiger charge is -2.08. The van der Waals surface area contributed by atoms with E-state index >= 15 is 0 Å². The molecule has 0 radical (unpaired) electrons. The zero-order valence-corrected chi connectivity index (χ0v) is 14.5. The first-order valence-electron chi connectivity index (χ1n) is 8.65. The first-order chi connectivity index (χ1) is 13.2. The summed E-state index contributed by atoms with van der Waals surface area (Å²) < 4.78 is 5.61. The Balaban J connectivity index is 2.00. The van der Waals surface area contributed by atoms with E-state index in [9.17, 15) is 10.1 Å². The van der Waals surface area contributed by atoms with Crippen LogP contribution < -0.4 is 5.63 Å². The number of nitrogens with zero attached hydrogens (tertiary/aromatic N) is 1. The van der Waals surface area contributed by atoms with Crippen molar-refractivity contribution in [2.24, 2.45) is 0 Å². The smallest absolute Gasteiger partial charge is 0.355 e. The summed E-state index contributed by atoms with van der Waals surface area (Å²) in [6, 6.07) is 21.6. The molecule has 3 aromatic carbocycles. The van der Waals surface area contributed by atoms with Gasteiger partial charge < -0.3 is 9.40 Å². The van der Waals surface area contributed by atoms with Crippen molar-refractivity contribution in [3.05, 3.63) is 82.2 Å². The zero-order chi connectivity index (χ0) is 18.5. The first-order valence-corrected chi connectivity index (χ1v) is 8.65. The second kappa shape index (κ2) is 5.58. The highest BCUT2D eigenvalue weighted by atomic mass is 16.4. The lowest BCUT2D eigenvalue weighted by Crippen LogP contribution is -2.07. The van der Waals surface area contributed by atoms with Crippen LogP contribution in [0.2, 0.25) is 0 Å². The molecule has 0 bridgehead atoms. The van der Waals surface area contributed by atoms with Crippen LogP contribution >= 0.6 is 0 Å². The van der Waals surface area contributed by atoms with Crippen molar-refractivity contribution >= 4 is 32.8 Å². The van der Waals surface area contributed by atoms with Gasteiger partial charge in [-0.2, -0.15) is 5.26 Å². The van der Waals surface area contributed by atoms with Gasteiger partial charge in [0.2, 0.25) is 0 Å². The van der Waals surface area contributed by atoms with Crippen LogP contribution in [0.5, 0.6) is 0 Å². The molecular weight excluding hydrogens is 336 g/mol. The highest BCUT2D eigenvalue weighted by Crippen LogP contribution is 2.36. The lowest BCUT2D eigenvalue weighted by atomic mass is 9.96. The number of H-pyrrole nitrogens is 1. The summed E-state index contributed by atoms with van der Waals surface area (Å²) >= 11 is 0. The van der Waals surface area contributed by atoms with Crippen LogP contribution in [0.1, 0.15) is 11.1 Å². The minimum atomic E-state index is -0.619. The summed E-state index contributed by atoms with van der Waals surface area (Å²) in [5, 5.41) is 12.4. The molecule has 0 saturated carbocycles. The van der Waals surface area contributed by atoms with Crippen LogP contribution in [0.4, 0.5) is 0 Å². The number of nitrogens with one attached hydrogen (secondary N) is 1. The normalized spacial score (nSPS) is 11.3. The van der Waals surface area contributed by atoms with Crippen molar-refractivity contribution in [2.75, 3.05) is 0 Å². The van der Waals surface area contributed by atoms with Gasteiger partial charge in [0, 0.05) is 27.2 Å². The van der Waals surface area contributed by atoms with Gasteiger partial charge in [0.05, 0.1) is 5.52 Å². The fourth-order valence-electron chi connectivity index (χ4n) is 3.75. The van der Waals surface area contributed by atoms with Crippen molar-refractivity contribution in [3.63, 3.8) is 0 Å². The molecule has 27 heavy (non-hydrogen) atoms. The van der Waals surface area contributed by atoms with Crippen LogP contribution in [-0.4, -0.2) is 4.98 Å². The minimum absolute atomic E-state index is 0.0278. The quantitative estimate of drug-likeness (QED) is 0.418. The molecule has 0 aliphatic heterocycles. The summed E-state index contributed by atoms with van der Waals surface area (Å²) in [5.41, 5.74) is 4.23. The molecule has 128 valence electrons. The van der Waals surface area contributed by atoms with Crippen LogP contribution in [0, 0.1) is 18.3 Å². The number of nitriles is 1. The van der Waals surface area contributed by atoms with E-state index in [2.05, 4.69) is 23.2 Å². The third kappa shape index (κ3) is 2.19. The van der Waals surface area contributed by atoms with Crippen LogP contribution in [0.25, 0.3) is 43.9 Å². The van der Waals surface area contributed by atoms with E-state index in [0.717, 1.165) is 38.3 Å². The number of aromatic amines is 1. The number of hydrogen-bond acceptors (Lipinski definition) is 3. The molecule has 0 unspecified atom stereocenters. The Morgan fingerprint density at radius 1 is 0.963 bits per heavy atom. The van der Waals surface area contributed by atoms with Gasteiger partial charge in [0.1, 0.15) is 11.6 Å². The maximum atomic E-state index is 12.6. The average Bonchev–Trinajstić information content (AvgIpc) is 3.05. The van der Waals surface area contributed by atoms with E-state index in [-0.39, 0.29) is 5.56 Å². The van der Waals surface area contributed by atoms with Crippen LogP contribution in [0.3, 0.4) is 0 Å².